The van der Waals surface area contributed by atoms with Gasteiger partial charge in [-0.25, -0.2) is 9.78 Å². The molecular weight excluding hydrogens is 346 g/mol. The number of nitrogens with zero attached hydrogens (tertiary/aromatic N) is 2. The maximum absolute atomic E-state index is 11.9. The van der Waals surface area contributed by atoms with Crippen LogP contribution < -0.4 is 5.32 Å². The van der Waals surface area contributed by atoms with E-state index in [1.54, 1.807) is 0 Å². The molecule has 0 spiro atoms. The van der Waals surface area contributed by atoms with Crippen LogP contribution in [0.4, 0.5) is 5.82 Å². The summed E-state index contributed by atoms with van der Waals surface area (Å²) in [5.74, 6) is 0.00193. The first kappa shape index (κ1) is 14.7. The van der Waals surface area contributed by atoms with E-state index in [9.17, 15) is 4.79 Å². The number of rotatable bonds is 4. The number of aromatic nitrogens is 2. The Morgan fingerprint density at radius 2 is 2.10 bits per heavy atom. The second kappa shape index (κ2) is 6.67. The second-order valence-corrected chi connectivity index (χ2v) is 5.04. The molecule has 0 amide bonds. The zero-order valence-electron chi connectivity index (χ0n) is 10.5. The van der Waals surface area contributed by atoms with Crippen molar-refractivity contribution >= 4 is 39.3 Å². The predicted octanol–water partition coefficient (Wildman–Crippen LogP) is 3.22. The molecule has 7 heteroatoms. The van der Waals surface area contributed by atoms with Gasteiger partial charge in [0, 0.05) is 6.20 Å². The summed E-state index contributed by atoms with van der Waals surface area (Å²) in [5, 5.41) is 3.09. The van der Waals surface area contributed by atoms with E-state index in [1.807, 2.05) is 30.3 Å². The van der Waals surface area contributed by atoms with Crippen molar-refractivity contribution in [1.82, 2.24) is 9.97 Å². The molecule has 20 heavy (non-hydrogen) atoms. The van der Waals surface area contributed by atoms with Crippen molar-refractivity contribution in [2.24, 2.45) is 0 Å². The largest absolute Gasteiger partial charge is 0.467 e. The molecule has 0 radical (unpaired) electrons. The van der Waals surface area contributed by atoms with Crippen molar-refractivity contribution < 1.29 is 9.53 Å². The molecule has 0 saturated heterocycles. The van der Waals surface area contributed by atoms with E-state index in [1.165, 1.54) is 13.3 Å². The Hall–Kier alpha value is -1.66. The number of carbonyl (C=O) groups excluding carboxylic acids is 1. The minimum atomic E-state index is -0.677. The fourth-order valence-electron chi connectivity index (χ4n) is 1.63. The highest BCUT2D eigenvalue weighted by Crippen LogP contribution is 2.26. The van der Waals surface area contributed by atoms with Crippen molar-refractivity contribution in [2.45, 2.75) is 6.04 Å². The van der Waals surface area contributed by atoms with Crippen LogP contribution in [0.1, 0.15) is 11.6 Å². The van der Waals surface area contributed by atoms with Gasteiger partial charge in [-0.05, 0) is 33.1 Å². The zero-order chi connectivity index (χ0) is 14.5. The maximum Gasteiger partial charge on any atom is 0.333 e. The molecule has 104 valence electrons. The van der Waals surface area contributed by atoms with Crippen LogP contribution in [0.2, 0.25) is 5.28 Å². The third-order valence-electron chi connectivity index (χ3n) is 2.57. The Bertz CT molecular complexity index is 610. The van der Waals surface area contributed by atoms with Gasteiger partial charge in [0.2, 0.25) is 5.28 Å². The highest BCUT2D eigenvalue weighted by Gasteiger charge is 2.22. The van der Waals surface area contributed by atoms with Gasteiger partial charge < -0.3 is 10.1 Å². The average Bonchev–Trinajstić information content (AvgIpc) is 2.48. The Balaban J connectivity index is 2.34. The SMILES string of the molecule is COC(=O)C(Nc1nc(Cl)ncc1Br)c1ccccc1. The first-order valence-electron chi connectivity index (χ1n) is 5.69. The zero-order valence-corrected chi connectivity index (χ0v) is 12.9. The van der Waals surface area contributed by atoms with Crippen molar-refractivity contribution in [3.05, 3.63) is 51.8 Å². The molecule has 1 N–H and O–H groups in total. The topological polar surface area (TPSA) is 64.1 Å². The molecule has 0 aliphatic rings. The van der Waals surface area contributed by atoms with E-state index in [2.05, 4.69) is 31.2 Å². The van der Waals surface area contributed by atoms with E-state index < -0.39 is 12.0 Å². The molecule has 0 aliphatic carbocycles. The van der Waals surface area contributed by atoms with Crippen LogP contribution in [0.5, 0.6) is 0 Å². The van der Waals surface area contributed by atoms with Crippen LogP contribution in [0.25, 0.3) is 0 Å². The molecule has 0 aliphatic heterocycles. The molecule has 0 bridgehead atoms. The lowest BCUT2D eigenvalue weighted by atomic mass is 10.1. The number of methoxy groups -OCH3 is 1. The van der Waals surface area contributed by atoms with Crippen LogP contribution >= 0.6 is 27.5 Å². The standard InChI is InChI=1S/C13H11BrClN3O2/c1-20-12(19)10(8-5-3-2-4-6-8)17-11-9(14)7-16-13(15)18-11/h2-7,10H,1H3,(H,16,17,18). The minimum absolute atomic E-state index is 0.0902. The summed E-state index contributed by atoms with van der Waals surface area (Å²) in [6.45, 7) is 0. The third-order valence-corrected chi connectivity index (χ3v) is 3.33. The summed E-state index contributed by atoms with van der Waals surface area (Å²) in [4.78, 5) is 19.8. The Morgan fingerprint density at radius 1 is 1.40 bits per heavy atom. The molecule has 1 unspecified atom stereocenters. The normalized spacial score (nSPS) is 11.8. The van der Waals surface area contributed by atoms with Gasteiger partial charge >= 0.3 is 5.97 Å². The number of esters is 1. The molecule has 2 aromatic rings. The molecule has 0 saturated carbocycles. The lowest BCUT2D eigenvalue weighted by Gasteiger charge is -2.18. The van der Waals surface area contributed by atoms with Crippen LogP contribution in [0.3, 0.4) is 0 Å². The smallest absolute Gasteiger partial charge is 0.333 e. The number of anilines is 1. The van der Waals surface area contributed by atoms with Gasteiger partial charge in [-0.3, -0.25) is 0 Å². The predicted molar refractivity (Wildman–Crippen MR) is 79.6 cm³/mol. The number of hydrogen-bond acceptors (Lipinski definition) is 5. The first-order valence-corrected chi connectivity index (χ1v) is 6.86. The van der Waals surface area contributed by atoms with Gasteiger partial charge in [0.15, 0.2) is 6.04 Å². The van der Waals surface area contributed by atoms with E-state index in [0.717, 1.165) is 5.56 Å². The lowest BCUT2D eigenvalue weighted by Crippen LogP contribution is -2.23. The Morgan fingerprint density at radius 3 is 2.75 bits per heavy atom. The summed E-state index contributed by atoms with van der Waals surface area (Å²) in [6, 6.07) is 8.53. The Kier molecular flexibility index (Phi) is 4.92. The second-order valence-electron chi connectivity index (χ2n) is 3.85. The lowest BCUT2D eigenvalue weighted by molar-refractivity contribution is -0.141. The number of carbonyl (C=O) groups is 1. The van der Waals surface area contributed by atoms with E-state index in [0.29, 0.717) is 10.3 Å². The van der Waals surface area contributed by atoms with Crippen LogP contribution in [0, 0.1) is 0 Å². The summed E-state index contributed by atoms with van der Waals surface area (Å²) in [5.41, 5.74) is 0.765. The summed E-state index contributed by atoms with van der Waals surface area (Å²) >= 11 is 9.06. The third kappa shape index (κ3) is 3.46. The number of hydrogen-bond donors (Lipinski definition) is 1. The number of ether oxygens (including phenoxy) is 1. The number of benzene rings is 1. The highest BCUT2D eigenvalue weighted by molar-refractivity contribution is 9.10. The monoisotopic (exact) mass is 355 g/mol. The van der Waals surface area contributed by atoms with Crippen molar-refractivity contribution in [3.8, 4) is 0 Å². The molecule has 1 aromatic carbocycles. The van der Waals surface area contributed by atoms with Crippen molar-refractivity contribution in [3.63, 3.8) is 0 Å². The van der Waals surface area contributed by atoms with Gasteiger partial charge in [-0.1, -0.05) is 30.3 Å². The van der Waals surface area contributed by atoms with E-state index in [-0.39, 0.29) is 5.28 Å². The van der Waals surface area contributed by atoms with Gasteiger partial charge in [0.25, 0.3) is 0 Å². The van der Waals surface area contributed by atoms with Gasteiger partial charge in [0.1, 0.15) is 5.82 Å². The fourth-order valence-corrected chi connectivity index (χ4v) is 2.06. The summed E-state index contributed by atoms with van der Waals surface area (Å²) in [6.07, 6.45) is 1.51. The molecule has 1 aromatic heterocycles. The Labute approximate surface area is 129 Å². The molecule has 1 atom stereocenters. The van der Waals surface area contributed by atoms with Gasteiger partial charge in [-0.15, -0.1) is 0 Å². The molecule has 1 heterocycles. The molecule has 0 fully saturated rings. The van der Waals surface area contributed by atoms with Crippen LogP contribution in [-0.4, -0.2) is 23.0 Å². The molecular formula is C13H11BrClN3O2. The quantitative estimate of drug-likeness (QED) is 0.673. The van der Waals surface area contributed by atoms with Crippen LogP contribution in [0.15, 0.2) is 41.0 Å². The van der Waals surface area contributed by atoms with E-state index >= 15 is 0 Å². The van der Waals surface area contributed by atoms with Crippen molar-refractivity contribution in [1.29, 1.82) is 0 Å². The summed E-state index contributed by atoms with van der Waals surface area (Å²) in [7, 11) is 1.34. The van der Waals surface area contributed by atoms with Gasteiger partial charge in [-0.2, -0.15) is 4.98 Å². The maximum atomic E-state index is 11.9. The number of halogens is 2. The van der Waals surface area contributed by atoms with Gasteiger partial charge in [0.05, 0.1) is 11.6 Å². The van der Waals surface area contributed by atoms with Crippen molar-refractivity contribution in [2.75, 3.05) is 12.4 Å². The average molecular weight is 357 g/mol. The fraction of sp³-hybridized carbons (Fsp3) is 0.154. The minimum Gasteiger partial charge on any atom is -0.467 e. The first-order chi connectivity index (χ1) is 9.61. The highest BCUT2D eigenvalue weighted by atomic mass is 79.9. The molecule has 5 nitrogen and oxygen atoms in total. The number of nitrogens with one attached hydrogen (secondary N) is 1. The van der Waals surface area contributed by atoms with Crippen LogP contribution in [-0.2, 0) is 9.53 Å². The van der Waals surface area contributed by atoms with E-state index in [4.69, 9.17) is 16.3 Å². The summed E-state index contributed by atoms with van der Waals surface area (Å²) < 4.78 is 5.42. The molecule has 2 rings (SSSR count).